The monoisotopic (exact) mass is 252 g/mol. The molecule has 0 saturated carbocycles. The Hall–Kier alpha value is -1.06. The number of carbonyl (C=O) groups is 1. The van der Waals surface area contributed by atoms with Crippen molar-refractivity contribution in [3.05, 3.63) is 28.8 Å². The molecule has 1 atom stereocenters. The van der Waals surface area contributed by atoms with Gasteiger partial charge in [-0.1, -0.05) is 24.1 Å². The molecule has 1 aliphatic heterocycles. The topological polar surface area (TPSA) is 41.1 Å². The van der Waals surface area contributed by atoms with Crippen molar-refractivity contribution in [2.45, 2.75) is 32.2 Å². The number of carbonyl (C=O) groups excluding carboxylic acids is 1. The van der Waals surface area contributed by atoms with E-state index in [-0.39, 0.29) is 11.9 Å². The summed E-state index contributed by atoms with van der Waals surface area (Å²) in [7, 11) is 0. The van der Waals surface area contributed by atoms with Crippen LogP contribution in [0.25, 0.3) is 0 Å². The summed E-state index contributed by atoms with van der Waals surface area (Å²) >= 11 is 6.04. The average molecular weight is 253 g/mol. The molecule has 0 radical (unpaired) electrons. The second kappa shape index (κ2) is 5.52. The second-order valence-corrected chi connectivity index (χ2v) is 4.88. The van der Waals surface area contributed by atoms with Crippen LogP contribution >= 0.6 is 11.6 Å². The maximum Gasteiger partial charge on any atom is 0.241 e. The zero-order chi connectivity index (χ0) is 12.3. The van der Waals surface area contributed by atoms with Crippen LogP contribution in [-0.4, -0.2) is 18.5 Å². The lowest BCUT2D eigenvalue weighted by molar-refractivity contribution is -0.118. The highest BCUT2D eigenvalue weighted by Gasteiger charge is 2.20. The normalized spacial score (nSPS) is 20.0. The molecule has 0 aromatic heterocycles. The predicted octanol–water partition coefficient (Wildman–Crippen LogP) is 2.73. The van der Waals surface area contributed by atoms with Gasteiger partial charge >= 0.3 is 0 Å². The van der Waals surface area contributed by atoms with Crippen molar-refractivity contribution in [3.8, 4) is 0 Å². The third-order valence-electron chi connectivity index (χ3n) is 3.01. The number of halogens is 1. The number of hydrogen-bond acceptors (Lipinski definition) is 2. The SMILES string of the molecule is Cc1ccc(Cl)c(NC(=O)[C@H]2CCCCN2)c1. The van der Waals surface area contributed by atoms with Gasteiger partial charge in [0.25, 0.3) is 0 Å². The van der Waals surface area contributed by atoms with Gasteiger partial charge in [0.05, 0.1) is 16.8 Å². The Bertz CT molecular complexity index is 414. The van der Waals surface area contributed by atoms with Gasteiger partial charge in [0, 0.05) is 0 Å². The molecule has 92 valence electrons. The second-order valence-electron chi connectivity index (χ2n) is 4.48. The highest BCUT2D eigenvalue weighted by Crippen LogP contribution is 2.23. The van der Waals surface area contributed by atoms with E-state index in [1.54, 1.807) is 6.07 Å². The van der Waals surface area contributed by atoms with Gasteiger partial charge in [-0.25, -0.2) is 0 Å². The highest BCUT2D eigenvalue weighted by molar-refractivity contribution is 6.33. The quantitative estimate of drug-likeness (QED) is 0.850. The number of benzene rings is 1. The van der Waals surface area contributed by atoms with Crippen molar-refractivity contribution >= 4 is 23.2 Å². The molecule has 1 aromatic carbocycles. The highest BCUT2D eigenvalue weighted by atomic mass is 35.5. The minimum Gasteiger partial charge on any atom is -0.323 e. The predicted molar refractivity (Wildman–Crippen MR) is 70.5 cm³/mol. The van der Waals surface area contributed by atoms with Gasteiger partial charge in [-0.3, -0.25) is 4.79 Å². The average Bonchev–Trinajstić information content (AvgIpc) is 2.35. The van der Waals surface area contributed by atoms with Crippen LogP contribution in [0, 0.1) is 6.92 Å². The van der Waals surface area contributed by atoms with Crippen LogP contribution in [0.1, 0.15) is 24.8 Å². The Labute approximate surface area is 107 Å². The molecule has 0 aliphatic carbocycles. The molecule has 0 spiro atoms. The summed E-state index contributed by atoms with van der Waals surface area (Å²) in [6.07, 6.45) is 3.15. The van der Waals surface area contributed by atoms with E-state index in [0.717, 1.165) is 31.4 Å². The van der Waals surface area contributed by atoms with Crippen molar-refractivity contribution in [1.82, 2.24) is 5.32 Å². The molecule has 4 heteroatoms. The van der Waals surface area contributed by atoms with Crippen LogP contribution in [0.3, 0.4) is 0 Å². The molecule has 0 unspecified atom stereocenters. The maximum atomic E-state index is 12.0. The van der Waals surface area contributed by atoms with Gasteiger partial charge in [0.2, 0.25) is 5.91 Å². The van der Waals surface area contributed by atoms with Gasteiger partial charge in [-0.15, -0.1) is 0 Å². The van der Waals surface area contributed by atoms with Crippen LogP contribution < -0.4 is 10.6 Å². The van der Waals surface area contributed by atoms with Crippen molar-refractivity contribution in [1.29, 1.82) is 0 Å². The standard InChI is InChI=1S/C13H17ClN2O/c1-9-5-6-10(14)12(8-9)16-13(17)11-4-2-3-7-15-11/h5-6,8,11,15H,2-4,7H2,1H3,(H,16,17)/t11-/m1/s1. The molecule has 1 amide bonds. The summed E-state index contributed by atoms with van der Waals surface area (Å²) in [5.41, 5.74) is 1.78. The molecular formula is C13H17ClN2O. The maximum absolute atomic E-state index is 12.0. The first-order chi connectivity index (χ1) is 8.16. The minimum absolute atomic E-state index is 0.0113. The molecule has 1 aromatic rings. The summed E-state index contributed by atoms with van der Waals surface area (Å²) in [5, 5.41) is 6.69. The summed E-state index contributed by atoms with van der Waals surface area (Å²) in [5.74, 6) is 0.0113. The first-order valence-corrected chi connectivity index (χ1v) is 6.35. The number of anilines is 1. The smallest absolute Gasteiger partial charge is 0.241 e. The fourth-order valence-electron chi connectivity index (χ4n) is 2.03. The van der Waals surface area contributed by atoms with Crippen molar-refractivity contribution in [2.75, 3.05) is 11.9 Å². The number of hydrogen-bond donors (Lipinski definition) is 2. The van der Waals surface area contributed by atoms with E-state index in [9.17, 15) is 4.79 Å². The molecule has 3 nitrogen and oxygen atoms in total. The molecule has 0 bridgehead atoms. The first kappa shape index (κ1) is 12.4. The minimum atomic E-state index is -0.0830. The van der Waals surface area contributed by atoms with Gasteiger partial charge in [0.1, 0.15) is 0 Å². The number of aryl methyl sites for hydroxylation is 1. The molecule has 1 aliphatic rings. The van der Waals surface area contributed by atoms with E-state index in [4.69, 9.17) is 11.6 Å². The Morgan fingerprint density at radius 1 is 1.47 bits per heavy atom. The molecule has 17 heavy (non-hydrogen) atoms. The Morgan fingerprint density at radius 3 is 3.00 bits per heavy atom. The van der Waals surface area contributed by atoms with Crippen LogP contribution in [0.5, 0.6) is 0 Å². The Kier molecular flexibility index (Phi) is 4.02. The molecule has 2 rings (SSSR count). The fraction of sp³-hybridized carbons (Fsp3) is 0.462. The molecule has 1 heterocycles. The fourth-order valence-corrected chi connectivity index (χ4v) is 2.20. The summed E-state index contributed by atoms with van der Waals surface area (Å²) in [4.78, 5) is 12.0. The summed E-state index contributed by atoms with van der Waals surface area (Å²) < 4.78 is 0. The van der Waals surface area contributed by atoms with Crippen molar-refractivity contribution in [2.24, 2.45) is 0 Å². The molecule has 2 N–H and O–H groups in total. The van der Waals surface area contributed by atoms with E-state index in [2.05, 4.69) is 10.6 Å². The van der Waals surface area contributed by atoms with E-state index in [1.807, 2.05) is 19.1 Å². The zero-order valence-corrected chi connectivity index (χ0v) is 10.7. The van der Waals surface area contributed by atoms with E-state index in [1.165, 1.54) is 0 Å². The van der Waals surface area contributed by atoms with E-state index < -0.39 is 0 Å². The lowest BCUT2D eigenvalue weighted by atomic mass is 10.0. The third kappa shape index (κ3) is 3.20. The molecule has 1 saturated heterocycles. The summed E-state index contributed by atoms with van der Waals surface area (Å²) in [6, 6.07) is 5.54. The van der Waals surface area contributed by atoms with Gasteiger partial charge in [0.15, 0.2) is 0 Å². The van der Waals surface area contributed by atoms with Crippen LogP contribution in [0.15, 0.2) is 18.2 Å². The van der Waals surface area contributed by atoms with Crippen LogP contribution in [0.4, 0.5) is 5.69 Å². The van der Waals surface area contributed by atoms with Crippen molar-refractivity contribution < 1.29 is 4.79 Å². The zero-order valence-electron chi connectivity index (χ0n) is 9.92. The third-order valence-corrected chi connectivity index (χ3v) is 3.34. The Morgan fingerprint density at radius 2 is 2.29 bits per heavy atom. The van der Waals surface area contributed by atoms with Crippen LogP contribution in [-0.2, 0) is 4.79 Å². The van der Waals surface area contributed by atoms with E-state index >= 15 is 0 Å². The van der Waals surface area contributed by atoms with Gasteiger partial charge in [-0.2, -0.15) is 0 Å². The lowest BCUT2D eigenvalue weighted by Gasteiger charge is -2.22. The summed E-state index contributed by atoms with van der Waals surface area (Å²) in [6.45, 7) is 2.89. The van der Waals surface area contributed by atoms with Crippen molar-refractivity contribution in [3.63, 3.8) is 0 Å². The van der Waals surface area contributed by atoms with Crippen LogP contribution in [0.2, 0.25) is 5.02 Å². The number of rotatable bonds is 2. The largest absolute Gasteiger partial charge is 0.323 e. The van der Waals surface area contributed by atoms with E-state index in [0.29, 0.717) is 10.7 Å². The Balaban J connectivity index is 2.04. The first-order valence-electron chi connectivity index (χ1n) is 5.97. The number of amides is 1. The van der Waals surface area contributed by atoms with Gasteiger partial charge in [-0.05, 0) is 44.0 Å². The molecule has 1 fully saturated rings. The van der Waals surface area contributed by atoms with Gasteiger partial charge < -0.3 is 10.6 Å². The lowest BCUT2D eigenvalue weighted by Crippen LogP contribution is -2.43. The number of piperidine rings is 1. The molecular weight excluding hydrogens is 236 g/mol. The number of nitrogens with one attached hydrogen (secondary N) is 2.